The fourth-order valence-corrected chi connectivity index (χ4v) is 7.52. The van der Waals surface area contributed by atoms with Crippen molar-refractivity contribution >= 4 is 0 Å². The van der Waals surface area contributed by atoms with E-state index >= 15 is 0 Å². The quantitative estimate of drug-likeness (QED) is 0.713. The molecule has 4 fully saturated rings. The third-order valence-electron chi connectivity index (χ3n) is 9.00. The molecule has 0 aromatic carbocycles. The molecule has 3 unspecified atom stereocenters. The van der Waals surface area contributed by atoms with Crippen molar-refractivity contribution in [2.24, 2.45) is 40.4 Å². The lowest BCUT2D eigenvalue weighted by Crippen LogP contribution is -2.58. The van der Waals surface area contributed by atoms with Crippen LogP contribution in [-0.2, 0) is 0 Å². The SMILES string of the molecule is C=C[C@H]1CC[C@]2(C)C3CC[C@@]4(C)C(CC[C@@H]4O)C3C[C@H](O)[C@H]2C1. The highest BCUT2D eigenvalue weighted by atomic mass is 16.3. The van der Waals surface area contributed by atoms with E-state index in [0.717, 1.165) is 25.2 Å². The van der Waals surface area contributed by atoms with Crippen LogP contribution in [-0.4, -0.2) is 22.4 Å². The van der Waals surface area contributed by atoms with Crippen LogP contribution in [0.2, 0.25) is 0 Å². The van der Waals surface area contributed by atoms with E-state index in [2.05, 4.69) is 26.5 Å². The average molecular weight is 319 g/mol. The van der Waals surface area contributed by atoms with Crippen molar-refractivity contribution in [3.8, 4) is 0 Å². The summed E-state index contributed by atoms with van der Waals surface area (Å²) >= 11 is 0. The van der Waals surface area contributed by atoms with E-state index in [0.29, 0.717) is 29.1 Å². The highest BCUT2D eigenvalue weighted by molar-refractivity contribution is 5.11. The Morgan fingerprint density at radius 2 is 1.57 bits per heavy atom. The molecule has 0 amide bonds. The molecule has 0 saturated heterocycles. The molecule has 4 saturated carbocycles. The zero-order valence-corrected chi connectivity index (χ0v) is 14.9. The molecule has 4 rings (SSSR count). The highest BCUT2D eigenvalue weighted by Crippen LogP contribution is 2.66. The van der Waals surface area contributed by atoms with Gasteiger partial charge < -0.3 is 10.2 Å². The highest BCUT2D eigenvalue weighted by Gasteiger charge is 2.61. The van der Waals surface area contributed by atoms with Gasteiger partial charge >= 0.3 is 0 Å². The van der Waals surface area contributed by atoms with Crippen molar-refractivity contribution in [3.05, 3.63) is 12.7 Å². The number of aliphatic hydroxyl groups is 2. The van der Waals surface area contributed by atoms with Gasteiger partial charge in [-0.1, -0.05) is 19.9 Å². The number of fused-ring (bicyclic) bond motifs is 5. The van der Waals surface area contributed by atoms with E-state index in [1.807, 2.05) is 0 Å². The third kappa shape index (κ3) is 2.13. The molecular weight excluding hydrogens is 284 g/mol. The first-order valence-electron chi connectivity index (χ1n) is 9.89. The fourth-order valence-electron chi connectivity index (χ4n) is 7.52. The first kappa shape index (κ1) is 16.1. The number of hydrogen-bond acceptors (Lipinski definition) is 2. The topological polar surface area (TPSA) is 40.5 Å². The summed E-state index contributed by atoms with van der Waals surface area (Å²) in [5.74, 6) is 3.06. The summed E-state index contributed by atoms with van der Waals surface area (Å²) < 4.78 is 0. The summed E-state index contributed by atoms with van der Waals surface area (Å²) in [4.78, 5) is 0. The van der Waals surface area contributed by atoms with Gasteiger partial charge in [-0.2, -0.15) is 0 Å². The predicted octanol–water partition coefficient (Wildman–Crippen LogP) is 4.16. The van der Waals surface area contributed by atoms with Gasteiger partial charge in [-0.25, -0.2) is 0 Å². The Balaban J connectivity index is 1.65. The Bertz CT molecular complexity index is 488. The molecule has 0 aliphatic heterocycles. The van der Waals surface area contributed by atoms with Gasteiger partial charge in [0.25, 0.3) is 0 Å². The van der Waals surface area contributed by atoms with Gasteiger partial charge in [0, 0.05) is 0 Å². The second kappa shape index (κ2) is 5.33. The Morgan fingerprint density at radius 3 is 2.30 bits per heavy atom. The molecule has 0 aromatic heterocycles. The molecule has 4 aliphatic carbocycles. The smallest absolute Gasteiger partial charge is 0.0596 e. The van der Waals surface area contributed by atoms with Crippen LogP contribution in [0.3, 0.4) is 0 Å². The molecule has 0 spiro atoms. The summed E-state index contributed by atoms with van der Waals surface area (Å²) in [5.41, 5.74) is 0.416. The molecule has 9 atom stereocenters. The van der Waals surface area contributed by atoms with Crippen LogP contribution in [0.4, 0.5) is 0 Å². The molecule has 0 aromatic rings. The van der Waals surface area contributed by atoms with E-state index in [9.17, 15) is 10.2 Å². The first-order chi connectivity index (χ1) is 10.9. The maximum absolute atomic E-state index is 11.0. The normalized spacial score (nSPS) is 58.9. The van der Waals surface area contributed by atoms with Crippen molar-refractivity contribution < 1.29 is 10.2 Å². The molecule has 0 heterocycles. The van der Waals surface area contributed by atoms with Crippen LogP contribution in [0.15, 0.2) is 12.7 Å². The molecule has 23 heavy (non-hydrogen) atoms. The largest absolute Gasteiger partial charge is 0.393 e. The third-order valence-corrected chi connectivity index (χ3v) is 9.00. The van der Waals surface area contributed by atoms with E-state index in [1.54, 1.807) is 0 Å². The zero-order valence-electron chi connectivity index (χ0n) is 14.9. The molecule has 0 bridgehead atoms. The van der Waals surface area contributed by atoms with E-state index in [1.165, 1.54) is 32.1 Å². The lowest BCUT2D eigenvalue weighted by Gasteiger charge is -2.62. The van der Waals surface area contributed by atoms with Gasteiger partial charge in [-0.05, 0) is 91.8 Å². The van der Waals surface area contributed by atoms with E-state index < -0.39 is 0 Å². The lowest BCUT2D eigenvalue weighted by molar-refractivity contribution is -0.166. The maximum Gasteiger partial charge on any atom is 0.0596 e. The molecule has 2 nitrogen and oxygen atoms in total. The van der Waals surface area contributed by atoms with Crippen molar-refractivity contribution in [1.29, 1.82) is 0 Å². The van der Waals surface area contributed by atoms with Crippen LogP contribution in [0.1, 0.15) is 65.2 Å². The molecule has 0 radical (unpaired) electrons. The number of hydrogen-bond donors (Lipinski definition) is 2. The number of aliphatic hydroxyl groups excluding tert-OH is 2. The van der Waals surface area contributed by atoms with Crippen molar-refractivity contribution in [1.82, 2.24) is 0 Å². The van der Waals surface area contributed by atoms with Crippen LogP contribution in [0.25, 0.3) is 0 Å². The fraction of sp³-hybridized carbons (Fsp3) is 0.905. The molecule has 2 heteroatoms. The molecule has 130 valence electrons. The van der Waals surface area contributed by atoms with Gasteiger partial charge in [0.2, 0.25) is 0 Å². The number of rotatable bonds is 1. The lowest BCUT2D eigenvalue weighted by atomic mass is 9.44. The minimum Gasteiger partial charge on any atom is -0.393 e. The molecule has 2 N–H and O–H groups in total. The zero-order chi connectivity index (χ0) is 16.4. The summed E-state index contributed by atoms with van der Waals surface area (Å²) in [5, 5.41) is 21.5. The minimum atomic E-state index is -0.149. The Labute approximate surface area is 141 Å². The van der Waals surface area contributed by atoms with Crippen LogP contribution < -0.4 is 0 Å². The average Bonchev–Trinajstić information content (AvgIpc) is 2.83. The van der Waals surface area contributed by atoms with Gasteiger partial charge in [0.1, 0.15) is 0 Å². The van der Waals surface area contributed by atoms with Gasteiger partial charge in [-0.15, -0.1) is 6.58 Å². The predicted molar refractivity (Wildman–Crippen MR) is 92.8 cm³/mol. The maximum atomic E-state index is 11.0. The first-order valence-corrected chi connectivity index (χ1v) is 9.89. The van der Waals surface area contributed by atoms with Crippen molar-refractivity contribution in [2.75, 3.05) is 0 Å². The second-order valence-corrected chi connectivity index (χ2v) is 9.70. The van der Waals surface area contributed by atoms with Crippen molar-refractivity contribution in [3.63, 3.8) is 0 Å². The van der Waals surface area contributed by atoms with Gasteiger partial charge in [-0.3, -0.25) is 0 Å². The van der Waals surface area contributed by atoms with Crippen LogP contribution >= 0.6 is 0 Å². The van der Waals surface area contributed by atoms with Gasteiger partial charge in [0.15, 0.2) is 0 Å². The van der Waals surface area contributed by atoms with Crippen LogP contribution in [0, 0.1) is 40.4 Å². The Kier molecular flexibility index (Phi) is 3.74. The number of allylic oxidation sites excluding steroid dienone is 1. The van der Waals surface area contributed by atoms with E-state index in [-0.39, 0.29) is 17.6 Å². The second-order valence-electron chi connectivity index (χ2n) is 9.70. The standard InChI is InChI=1S/C21H34O2/c1-4-13-7-9-20(2)16-8-10-21(3)15(5-6-19(21)23)14(16)12-18(22)17(20)11-13/h4,13-19,22-23H,1,5-12H2,2-3H3/t13-,14?,15?,16?,17+,18-,19-,20+,21-/m0/s1. The molecular formula is C21H34O2. The monoisotopic (exact) mass is 318 g/mol. The summed E-state index contributed by atoms with van der Waals surface area (Å²) in [6.07, 6.45) is 11.0. The molecule has 4 aliphatic rings. The van der Waals surface area contributed by atoms with Crippen LogP contribution in [0.5, 0.6) is 0 Å². The Hall–Kier alpha value is -0.340. The van der Waals surface area contributed by atoms with E-state index in [4.69, 9.17) is 0 Å². The summed E-state index contributed by atoms with van der Waals surface area (Å²) in [6, 6.07) is 0. The summed E-state index contributed by atoms with van der Waals surface area (Å²) in [6.45, 7) is 8.80. The van der Waals surface area contributed by atoms with Gasteiger partial charge in [0.05, 0.1) is 12.2 Å². The van der Waals surface area contributed by atoms with Crippen molar-refractivity contribution in [2.45, 2.75) is 77.4 Å². The minimum absolute atomic E-state index is 0.113. The Morgan fingerprint density at radius 1 is 0.870 bits per heavy atom. The summed E-state index contributed by atoms with van der Waals surface area (Å²) in [7, 11) is 0.